The van der Waals surface area contributed by atoms with Crippen molar-refractivity contribution < 1.29 is 9.84 Å². The summed E-state index contributed by atoms with van der Waals surface area (Å²) in [6.07, 6.45) is 2.42. The van der Waals surface area contributed by atoms with Crippen LogP contribution < -0.4 is 10.4 Å². The van der Waals surface area contributed by atoms with Gasteiger partial charge in [0, 0.05) is 23.4 Å². The Balaban J connectivity index is 1.28. The van der Waals surface area contributed by atoms with E-state index >= 15 is 0 Å². The number of nitrogens with zero attached hydrogens (tertiary/aromatic N) is 3. The Bertz CT molecular complexity index is 811. The normalized spacial score (nSPS) is 30.3. The number of aliphatic imine (C=N–C) groups is 1. The standard InChI is InChI=1S/C18H20N4O2S/c23-14-3-1-12(2-4-14)15-9-25-17(20-15)21-16-19-10-18(24-16)11-22-7-5-13(18)6-8-22/h1-4,9,13,23H,5-8,10-11H2,(H,19,20,21)/p-1. The summed E-state index contributed by atoms with van der Waals surface area (Å²) in [6.45, 7) is 4.10. The number of thiazole rings is 1. The Hall–Kier alpha value is -2.12. The molecule has 1 atom stereocenters. The number of amidine groups is 1. The summed E-state index contributed by atoms with van der Waals surface area (Å²) in [5.41, 5.74) is 1.65. The van der Waals surface area contributed by atoms with Crippen LogP contribution in [0, 0.1) is 5.92 Å². The van der Waals surface area contributed by atoms with Crippen LogP contribution in [-0.2, 0) is 4.74 Å². The van der Waals surface area contributed by atoms with E-state index in [0.717, 1.165) is 29.5 Å². The Kier molecular flexibility index (Phi) is 3.46. The number of rotatable bonds is 2. The second kappa shape index (κ2) is 5.71. The molecule has 4 aliphatic rings. The van der Waals surface area contributed by atoms with Gasteiger partial charge in [-0.1, -0.05) is 24.3 Å². The predicted octanol–water partition coefficient (Wildman–Crippen LogP) is 2.15. The predicted molar refractivity (Wildman–Crippen MR) is 95.9 cm³/mol. The molecular formula is C18H19N4O2S-. The number of nitrogens with one attached hydrogen (secondary N) is 1. The average Bonchev–Trinajstić information content (AvgIpc) is 3.25. The molecule has 2 bridgehead atoms. The molecule has 3 fully saturated rings. The number of anilines is 1. The molecule has 7 heteroatoms. The van der Waals surface area contributed by atoms with E-state index in [9.17, 15) is 5.11 Å². The Morgan fingerprint density at radius 2 is 2.04 bits per heavy atom. The minimum Gasteiger partial charge on any atom is -0.872 e. The van der Waals surface area contributed by atoms with E-state index in [4.69, 9.17) is 4.74 Å². The van der Waals surface area contributed by atoms with Crippen molar-refractivity contribution in [3.63, 3.8) is 0 Å². The van der Waals surface area contributed by atoms with Crippen molar-refractivity contribution in [1.82, 2.24) is 9.88 Å². The van der Waals surface area contributed by atoms with E-state index < -0.39 is 0 Å². The summed E-state index contributed by atoms with van der Waals surface area (Å²) in [4.78, 5) is 11.7. The highest BCUT2D eigenvalue weighted by molar-refractivity contribution is 7.14. The smallest absolute Gasteiger partial charge is 0.291 e. The van der Waals surface area contributed by atoms with Gasteiger partial charge in [0.05, 0.1) is 12.2 Å². The fourth-order valence-corrected chi connectivity index (χ4v) is 4.84. The number of piperidine rings is 3. The van der Waals surface area contributed by atoms with Crippen molar-refractivity contribution in [3.05, 3.63) is 29.6 Å². The maximum atomic E-state index is 11.2. The molecule has 0 aliphatic carbocycles. The topological polar surface area (TPSA) is 72.8 Å². The fourth-order valence-electron chi connectivity index (χ4n) is 4.13. The lowest BCUT2D eigenvalue weighted by Gasteiger charge is -2.50. The van der Waals surface area contributed by atoms with Crippen molar-refractivity contribution in [1.29, 1.82) is 0 Å². The summed E-state index contributed by atoms with van der Waals surface area (Å²) in [5, 5.41) is 17.2. The van der Waals surface area contributed by atoms with Gasteiger partial charge >= 0.3 is 0 Å². The second-order valence-electron chi connectivity index (χ2n) is 7.03. The van der Waals surface area contributed by atoms with E-state index in [1.165, 1.54) is 37.3 Å². The Morgan fingerprint density at radius 3 is 2.76 bits per heavy atom. The van der Waals surface area contributed by atoms with E-state index in [1.54, 1.807) is 24.3 Å². The van der Waals surface area contributed by atoms with Crippen LogP contribution in [0.4, 0.5) is 5.13 Å². The first-order valence-corrected chi connectivity index (χ1v) is 9.54. The van der Waals surface area contributed by atoms with Crippen molar-refractivity contribution in [2.24, 2.45) is 10.9 Å². The zero-order valence-corrected chi connectivity index (χ0v) is 14.6. The van der Waals surface area contributed by atoms with Crippen molar-refractivity contribution in [2.75, 3.05) is 31.5 Å². The lowest BCUT2D eigenvalue weighted by atomic mass is 9.75. The zero-order valence-electron chi connectivity index (χ0n) is 13.8. The molecule has 3 saturated heterocycles. The minimum atomic E-state index is -0.136. The molecule has 1 unspecified atom stereocenters. The molecule has 6 rings (SSSR count). The first kappa shape index (κ1) is 15.2. The molecule has 0 amide bonds. The zero-order chi connectivity index (χ0) is 16.9. The molecule has 4 aliphatic heterocycles. The largest absolute Gasteiger partial charge is 0.872 e. The van der Waals surface area contributed by atoms with Crippen molar-refractivity contribution in [2.45, 2.75) is 18.4 Å². The van der Waals surface area contributed by atoms with Crippen LogP contribution in [0.1, 0.15) is 12.8 Å². The molecule has 25 heavy (non-hydrogen) atoms. The van der Waals surface area contributed by atoms with Crippen LogP contribution >= 0.6 is 11.3 Å². The molecule has 1 aromatic carbocycles. The maximum absolute atomic E-state index is 11.2. The molecule has 2 aromatic rings. The van der Waals surface area contributed by atoms with Gasteiger partial charge in [0.1, 0.15) is 5.60 Å². The van der Waals surface area contributed by atoms with E-state index in [2.05, 4.69) is 20.2 Å². The van der Waals surface area contributed by atoms with Crippen molar-refractivity contribution in [3.8, 4) is 17.0 Å². The van der Waals surface area contributed by atoms with Crippen LogP contribution in [0.3, 0.4) is 0 Å². The number of aromatic nitrogens is 1. The number of fused-ring (bicyclic) bond motifs is 2. The van der Waals surface area contributed by atoms with Gasteiger partial charge in [-0.2, -0.15) is 0 Å². The molecule has 0 saturated carbocycles. The highest BCUT2D eigenvalue weighted by Crippen LogP contribution is 2.41. The molecule has 1 aromatic heterocycles. The number of hydrogen-bond acceptors (Lipinski definition) is 7. The molecule has 6 nitrogen and oxygen atoms in total. The quantitative estimate of drug-likeness (QED) is 0.894. The van der Waals surface area contributed by atoms with Crippen molar-refractivity contribution >= 4 is 22.5 Å². The van der Waals surface area contributed by atoms with Gasteiger partial charge in [0.15, 0.2) is 5.13 Å². The third-order valence-corrected chi connectivity index (χ3v) is 6.24. The SMILES string of the molecule is [O-]c1ccc(-c2csc(NC3=NCC4(CN5CCC4CC5)O3)n2)cc1. The molecule has 1 spiro atoms. The minimum absolute atomic E-state index is 0.00820. The fraction of sp³-hybridized carbons (Fsp3) is 0.444. The lowest BCUT2D eigenvalue weighted by Crippen LogP contribution is -2.61. The van der Waals surface area contributed by atoms with Gasteiger partial charge < -0.3 is 9.84 Å². The molecule has 1 N–H and O–H groups in total. The molecule has 0 radical (unpaired) electrons. The van der Waals surface area contributed by atoms with Gasteiger partial charge in [0.25, 0.3) is 6.02 Å². The summed E-state index contributed by atoms with van der Waals surface area (Å²) in [5.74, 6) is 0.617. The summed E-state index contributed by atoms with van der Waals surface area (Å²) >= 11 is 1.51. The van der Waals surface area contributed by atoms with E-state index in [-0.39, 0.29) is 11.4 Å². The Labute approximate surface area is 150 Å². The second-order valence-corrected chi connectivity index (χ2v) is 7.88. The summed E-state index contributed by atoms with van der Waals surface area (Å²) in [6, 6.07) is 7.30. The molecular weight excluding hydrogens is 336 g/mol. The molecule has 130 valence electrons. The highest BCUT2D eigenvalue weighted by Gasteiger charge is 2.51. The number of ether oxygens (including phenoxy) is 1. The number of benzene rings is 1. The van der Waals surface area contributed by atoms with Gasteiger partial charge in [-0.05, 0) is 25.9 Å². The average molecular weight is 355 g/mol. The third kappa shape index (κ3) is 2.67. The monoisotopic (exact) mass is 355 g/mol. The van der Waals surface area contributed by atoms with Crippen LogP contribution in [0.5, 0.6) is 5.75 Å². The maximum Gasteiger partial charge on any atom is 0.291 e. The van der Waals surface area contributed by atoms with Gasteiger partial charge in [-0.3, -0.25) is 10.2 Å². The first-order chi connectivity index (χ1) is 12.2. The van der Waals surface area contributed by atoms with Crippen LogP contribution in [0.15, 0.2) is 34.6 Å². The third-order valence-electron chi connectivity index (χ3n) is 5.48. The van der Waals surface area contributed by atoms with Gasteiger partial charge in [0.2, 0.25) is 0 Å². The molecule has 5 heterocycles. The summed E-state index contributed by atoms with van der Waals surface area (Å²) < 4.78 is 6.28. The Morgan fingerprint density at radius 1 is 1.24 bits per heavy atom. The summed E-state index contributed by atoms with van der Waals surface area (Å²) in [7, 11) is 0. The van der Waals surface area contributed by atoms with Crippen LogP contribution in [0.25, 0.3) is 11.3 Å². The van der Waals surface area contributed by atoms with Crippen LogP contribution in [-0.4, -0.2) is 47.7 Å². The van der Waals surface area contributed by atoms with Crippen LogP contribution in [0.2, 0.25) is 0 Å². The van der Waals surface area contributed by atoms with E-state index in [0.29, 0.717) is 11.9 Å². The first-order valence-electron chi connectivity index (χ1n) is 8.66. The van der Waals surface area contributed by atoms with E-state index in [1.807, 2.05) is 5.38 Å². The van der Waals surface area contributed by atoms with Gasteiger partial charge in [-0.25, -0.2) is 9.98 Å². The highest BCUT2D eigenvalue weighted by atomic mass is 32.1. The van der Waals surface area contributed by atoms with Gasteiger partial charge in [-0.15, -0.1) is 17.1 Å². The lowest BCUT2D eigenvalue weighted by molar-refractivity contribution is -0.268. The number of hydrogen-bond donors (Lipinski definition) is 1.